The monoisotopic (exact) mass is 408 g/mol. The number of ether oxygens (including phenoxy) is 1. The molecule has 7 nitrogen and oxygen atoms in total. The van der Waals surface area contributed by atoms with E-state index in [1.54, 1.807) is 32.2 Å². The molecule has 0 aliphatic heterocycles. The predicted molar refractivity (Wildman–Crippen MR) is 111 cm³/mol. The van der Waals surface area contributed by atoms with E-state index in [4.69, 9.17) is 9.26 Å². The number of rotatable bonds is 7. The van der Waals surface area contributed by atoms with Crippen molar-refractivity contribution in [2.45, 2.75) is 30.5 Å². The van der Waals surface area contributed by atoms with E-state index in [0.717, 1.165) is 17.0 Å². The maximum Gasteiger partial charge on any atom is 0.239 e. The van der Waals surface area contributed by atoms with Crippen LogP contribution in [0.3, 0.4) is 0 Å². The maximum atomic E-state index is 12.6. The van der Waals surface area contributed by atoms with Gasteiger partial charge in [0, 0.05) is 11.6 Å². The van der Waals surface area contributed by atoms with Crippen molar-refractivity contribution in [1.29, 1.82) is 5.26 Å². The Hall–Kier alpha value is -3.31. The number of benzene rings is 1. The number of pyridine rings is 1. The quantitative estimate of drug-likeness (QED) is 0.577. The number of nitriles is 1. The highest BCUT2D eigenvalue weighted by molar-refractivity contribution is 8.00. The molecule has 2 heterocycles. The zero-order chi connectivity index (χ0) is 20.8. The molecule has 0 spiro atoms. The number of nitrogens with zero attached hydrogens (tertiary/aromatic N) is 3. The zero-order valence-corrected chi connectivity index (χ0v) is 17.1. The smallest absolute Gasteiger partial charge is 0.239 e. The third-order valence-electron chi connectivity index (χ3n) is 4.16. The molecule has 148 valence electrons. The van der Waals surface area contributed by atoms with Crippen molar-refractivity contribution in [3.63, 3.8) is 0 Å². The Kier molecular flexibility index (Phi) is 6.52. The van der Waals surface area contributed by atoms with E-state index in [1.807, 2.05) is 31.2 Å². The lowest BCUT2D eigenvalue weighted by Gasteiger charge is -2.14. The summed E-state index contributed by atoms with van der Waals surface area (Å²) < 4.78 is 10.2. The fourth-order valence-corrected chi connectivity index (χ4v) is 3.62. The van der Waals surface area contributed by atoms with Crippen LogP contribution in [0.4, 0.5) is 5.82 Å². The molecule has 3 rings (SSSR count). The van der Waals surface area contributed by atoms with Gasteiger partial charge in [0.15, 0.2) is 5.82 Å². The van der Waals surface area contributed by atoms with E-state index in [1.165, 1.54) is 11.8 Å². The van der Waals surface area contributed by atoms with Gasteiger partial charge in [0.1, 0.15) is 22.6 Å². The minimum atomic E-state index is -0.433. The molecule has 0 saturated carbocycles. The number of anilines is 1. The lowest BCUT2D eigenvalue weighted by Crippen LogP contribution is -2.25. The molecule has 0 fully saturated rings. The van der Waals surface area contributed by atoms with Crippen molar-refractivity contribution in [3.05, 3.63) is 53.8 Å². The summed E-state index contributed by atoms with van der Waals surface area (Å²) in [7, 11) is 1.61. The van der Waals surface area contributed by atoms with Crippen LogP contribution in [0.25, 0.3) is 11.3 Å². The minimum absolute atomic E-state index is 0.216. The second-order valence-corrected chi connectivity index (χ2v) is 7.41. The number of carbonyl (C=O) groups excluding carboxylic acids is 1. The number of amides is 1. The SMILES string of the molecule is CCC(Sc1nc(-c2ccc(OC)cc2)ccc1C#N)C(=O)Nc1cc(C)on1. The van der Waals surface area contributed by atoms with Crippen LogP contribution >= 0.6 is 11.8 Å². The lowest BCUT2D eigenvalue weighted by molar-refractivity contribution is -0.115. The van der Waals surface area contributed by atoms with Crippen molar-refractivity contribution in [1.82, 2.24) is 10.1 Å². The highest BCUT2D eigenvalue weighted by Crippen LogP contribution is 2.30. The van der Waals surface area contributed by atoms with E-state index in [9.17, 15) is 10.1 Å². The summed E-state index contributed by atoms with van der Waals surface area (Å²) in [4.78, 5) is 17.3. The van der Waals surface area contributed by atoms with Gasteiger partial charge < -0.3 is 14.6 Å². The molecule has 1 N–H and O–H groups in total. The molecule has 0 aliphatic rings. The Morgan fingerprint density at radius 3 is 2.66 bits per heavy atom. The summed E-state index contributed by atoms with van der Waals surface area (Å²) in [5.74, 6) is 1.52. The molecule has 0 radical (unpaired) electrons. The van der Waals surface area contributed by atoms with Crippen LogP contribution in [0.1, 0.15) is 24.7 Å². The first-order valence-corrected chi connectivity index (χ1v) is 9.88. The third kappa shape index (κ3) is 4.95. The number of hydrogen-bond donors (Lipinski definition) is 1. The standard InChI is InChI=1S/C21H20N4O3S/c1-4-18(20(26)24-19-11-13(2)28-25-19)29-21-15(12-22)7-10-17(23-21)14-5-8-16(27-3)9-6-14/h5-11,18H,4H2,1-3H3,(H,24,25,26). The van der Waals surface area contributed by atoms with Gasteiger partial charge in [0.2, 0.25) is 5.91 Å². The van der Waals surface area contributed by atoms with E-state index in [2.05, 4.69) is 21.5 Å². The normalized spacial score (nSPS) is 11.5. The Bertz CT molecular complexity index is 1040. The van der Waals surface area contributed by atoms with Crippen molar-refractivity contribution in [3.8, 4) is 23.1 Å². The maximum absolute atomic E-state index is 12.6. The summed E-state index contributed by atoms with van der Waals surface area (Å²) >= 11 is 1.26. The van der Waals surface area contributed by atoms with Crippen LogP contribution in [-0.2, 0) is 4.79 Å². The van der Waals surface area contributed by atoms with E-state index < -0.39 is 5.25 Å². The highest BCUT2D eigenvalue weighted by atomic mass is 32.2. The topological polar surface area (TPSA) is 101 Å². The van der Waals surface area contributed by atoms with Gasteiger partial charge in [0.25, 0.3) is 0 Å². The van der Waals surface area contributed by atoms with Crippen LogP contribution in [0, 0.1) is 18.3 Å². The Morgan fingerprint density at radius 2 is 2.07 bits per heavy atom. The van der Waals surface area contributed by atoms with Crippen LogP contribution < -0.4 is 10.1 Å². The number of aryl methyl sites for hydroxylation is 1. The average Bonchev–Trinajstić information content (AvgIpc) is 3.16. The van der Waals surface area contributed by atoms with E-state index >= 15 is 0 Å². The first-order chi connectivity index (χ1) is 14.0. The number of methoxy groups -OCH3 is 1. The fraction of sp³-hybridized carbons (Fsp3) is 0.238. The van der Waals surface area contributed by atoms with Crippen molar-refractivity contribution in [2.24, 2.45) is 0 Å². The first-order valence-electron chi connectivity index (χ1n) is 9.00. The predicted octanol–water partition coefficient (Wildman–Crippen LogP) is 4.43. The summed E-state index contributed by atoms with van der Waals surface area (Å²) in [5.41, 5.74) is 2.04. The highest BCUT2D eigenvalue weighted by Gasteiger charge is 2.22. The molecule has 0 aliphatic carbocycles. The van der Waals surface area contributed by atoms with Crippen molar-refractivity contribution in [2.75, 3.05) is 12.4 Å². The van der Waals surface area contributed by atoms with Crippen LogP contribution in [0.15, 0.2) is 52.0 Å². The minimum Gasteiger partial charge on any atom is -0.497 e. The Morgan fingerprint density at radius 1 is 1.31 bits per heavy atom. The molecule has 2 aromatic heterocycles. The van der Waals surface area contributed by atoms with Gasteiger partial charge in [-0.1, -0.05) is 23.8 Å². The van der Waals surface area contributed by atoms with Crippen molar-refractivity contribution < 1.29 is 14.1 Å². The fourth-order valence-electron chi connectivity index (χ4n) is 2.63. The molecule has 1 unspecified atom stereocenters. The van der Waals surface area contributed by atoms with Gasteiger partial charge in [0.05, 0.1) is 23.6 Å². The number of hydrogen-bond acceptors (Lipinski definition) is 7. The van der Waals surface area contributed by atoms with Crippen LogP contribution in [0.2, 0.25) is 0 Å². The largest absolute Gasteiger partial charge is 0.497 e. The molecule has 0 saturated heterocycles. The van der Waals surface area contributed by atoms with Gasteiger partial charge in [-0.25, -0.2) is 4.98 Å². The molecule has 0 bridgehead atoms. The number of carbonyl (C=O) groups is 1. The van der Waals surface area contributed by atoms with Crippen LogP contribution in [0.5, 0.6) is 5.75 Å². The molecular formula is C21H20N4O3S. The number of aromatic nitrogens is 2. The summed E-state index contributed by atoms with van der Waals surface area (Å²) in [6.07, 6.45) is 0.562. The van der Waals surface area contributed by atoms with Gasteiger partial charge >= 0.3 is 0 Å². The second-order valence-electron chi connectivity index (χ2n) is 6.22. The molecule has 1 aromatic carbocycles. The van der Waals surface area contributed by atoms with E-state index in [0.29, 0.717) is 28.6 Å². The molecular weight excluding hydrogens is 388 g/mol. The number of nitrogens with one attached hydrogen (secondary N) is 1. The second kappa shape index (κ2) is 9.26. The Labute approximate surface area is 173 Å². The molecule has 29 heavy (non-hydrogen) atoms. The third-order valence-corrected chi connectivity index (χ3v) is 5.53. The summed E-state index contributed by atoms with van der Waals surface area (Å²) in [6, 6.07) is 14.8. The zero-order valence-electron chi connectivity index (χ0n) is 16.3. The molecule has 8 heteroatoms. The molecule has 1 amide bonds. The lowest BCUT2D eigenvalue weighted by atomic mass is 10.1. The van der Waals surface area contributed by atoms with Crippen LogP contribution in [-0.4, -0.2) is 28.4 Å². The molecule has 3 aromatic rings. The van der Waals surface area contributed by atoms with Gasteiger partial charge in [-0.2, -0.15) is 5.26 Å². The number of thioether (sulfide) groups is 1. The first kappa shape index (κ1) is 20.4. The van der Waals surface area contributed by atoms with E-state index in [-0.39, 0.29) is 5.91 Å². The molecule has 1 atom stereocenters. The van der Waals surface area contributed by atoms with Gasteiger partial charge in [-0.15, -0.1) is 0 Å². The Balaban J connectivity index is 1.83. The summed E-state index contributed by atoms with van der Waals surface area (Å²) in [6.45, 7) is 3.66. The van der Waals surface area contributed by atoms with Gasteiger partial charge in [-0.05, 0) is 49.7 Å². The summed E-state index contributed by atoms with van der Waals surface area (Å²) in [5, 5.41) is 16.1. The van der Waals surface area contributed by atoms with Crippen molar-refractivity contribution >= 4 is 23.5 Å². The average molecular weight is 408 g/mol. The van der Waals surface area contributed by atoms with Gasteiger partial charge in [-0.3, -0.25) is 4.79 Å².